The number of phenols is 1. The second-order valence-corrected chi connectivity index (χ2v) is 9.22. The van der Waals surface area contributed by atoms with Crippen molar-refractivity contribution in [3.05, 3.63) is 52.3 Å². The van der Waals surface area contributed by atoms with Crippen LogP contribution in [0.15, 0.2) is 50.5 Å². The van der Waals surface area contributed by atoms with Crippen LogP contribution < -0.4 is 22.0 Å². The van der Waals surface area contributed by atoms with Gasteiger partial charge in [0.25, 0.3) is 5.56 Å². The Morgan fingerprint density at radius 1 is 1.19 bits per heavy atom. The molecule has 0 radical (unpaired) electrons. The van der Waals surface area contributed by atoms with Gasteiger partial charge in [-0.3, -0.25) is 13.9 Å². The largest absolute Gasteiger partial charge is 0.506 e. The van der Waals surface area contributed by atoms with E-state index in [9.17, 15) is 24.1 Å². The average Bonchev–Trinajstić information content (AvgIpc) is 2.69. The lowest BCUT2D eigenvalue weighted by Crippen LogP contribution is -2.37. The van der Waals surface area contributed by atoms with Gasteiger partial charge >= 0.3 is 0 Å². The topological polar surface area (TPSA) is 165 Å². The number of aromatic nitrogens is 1. The summed E-state index contributed by atoms with van der Waals surface area (Å²) in [4.78, 5) is 13.2. The predicted molar refractivity (Wildman–Crippen MR) is 123 cm³/mol. The summed E-state index contributed by atoms with van der Waals surface area (Å²) in [5.74, 6) is -0.652. The minimum absolute atomic E-state index is 0.161. The highest BCUT2D eigenvalue weighted by Gasteiger charge is 2.33. The van der Waals surface area contributed by atoms with Gasteiger partial charge in [-0.15, -0.1) is 4.40 Å². The molecule has 4 rings (SSSR count). The number of hydrogen-bond acceptors (Lipinski definition) is 9. The van der Waals surface area contributed by atoms with Crippen LogP contribution in [0.4, 0.5) is 11.4 Å². The number of amidine groups is 1. The van der Waals surface area contributed by atoms with E-state index < -0.39 is 16.3 Å². The molecular weight excluding hydrogens is 422 g/mol. The molecule has 8 N–H and O–H groups in total. The monoisotopic (exact) mass is 445 g/mol. The summed E-state index contributed by atoms with van der Waals surface area (Å²) >= 11 is 0. The van der Waals surface area contributed by atoms with Crippen molar-refractivity contribution >= 4 is 38.9 Å². The van der Waals surface area contributed by atoms with Gasteiger partial charge in [0.15, 0.2) is 5.84 Å². The Kier molecular flexibility index (Phi) is 4.96. The molecule has 0 amide bonds. The lowest BCUT2D eigenvalue weighted by atomic mass is 10.1. The van der Waals surface area contributed by atoms with Gasteiger partial charge in [-0.25, -0.2) is 4.68 Å². The van der Waals surface area contributed by atoms with Gasteiger partial charge in [-0.2, -0.15) is 0 Å². The van der Waals surface area contributed by atoms with E-state index in [-0.39, 0.29) is 45.1 Å². The number of benzene rings is 2. The molecule has 3 aromatic rings. The van der Waals surface area contributed by atoms with Crippen LogP contribution >= 0.6 is 10.8 Å². The molecule has 2 heterocycles. The zero-order valence-corrected chi connectivity index (χ0v) is 17.6. The summed E-state index contributed by atoms with van der Waals surface area (Å²) in [7, 11) is -3.86. The number of nitrogens with one attached hydrogen (secondary N) is 2. The highest BCUT2D eigenvalue weighted by atomic mass is 32.3. The fourth-order valence-electron chi connectivity index (χ4n) is 3.38. The van der Waals surface area contributed by atoms with Crippen molar-refractivity contribution < 1.29 is 19.3 Å². The molecule has 31 heavy (non-hydrogen) atoms. The first-order valence-corrected chi connectivity index (χ1v) is 11.0. The molecule has 0 unspecified atom stereocenters. The molecule has 1 aliphatic heterocycles. The first-order valence-electron chi connectivity index (χ1n) is 9.49. The van der Waals surface area contributed by atoms with E-state index in [2.05, 4.69) is 15.1 Å². The number of hydrogen-bond donors (Lipinski definition) is 7. The molecule has 2 aromatic carbocycles. The van der Waals surface area contributed by atoms with E-state index in [1.165, 1.54) is 16.8 Å². The maximum Gasteiger partial charge on any atom is 0.284 e. The Morgan fingerprint density at radius 2 is 1.90 bits per heavy atom. The Balaban J connectivity index is 1.96. The van der Waals surface area contributed by atoms with Crippen LogP contribution in [0.5, 0.6) is 11.5 Å². The second kappa shape index (κ2) is 7.38. The number of fused-ring (bicyclic) bond motifs is 2. The highest BCUT2D eigenvalue weighted by molar-refractivity contribution is 8.23. The van der Waals surface area contributed by atoms with Crippen LogP contribution in [0, 0.1) is 5.92 Å². The van der Waals surface area contributed by atoms with E-state index in [4.69, 9.17) is 5.73 Å². The third kappa shape index (κ3) is 3.42. The van der Waals surface area contributed by atoms with E-state index in [1.807, 2.05) is 13.8 Å². The van der Waals surface area contributed by atoms with Crippen LogP contribution in [-0.4, -0.2) is 36.4 Å². The Hall–Kier alpha value is -3.41. The number of phenolic OH excluding ortho intramolecular Hbond substituents is 1. The van der Waals surface area contributed by atoms with Crippen LogP contribution in [0.1, 0.15) is 19.4 Å². The van der Waals surface area contributed by atoms with E-state index in [0.717, 1.165) is 0 Å². The van der Waals surface area contributed by atoms with Gasteiger partial charge < -0.3 is 26.7 Å². The molecule has 0 spiro atoms. The normalized spacial score (nSPS) is 15.8. The van der Waals surface area contributed by atoms with Gasteiger partial charge in [0.1, 0.15) is 27.6 Å². The summed E-state index contributed by atoms with van der Waals surface area (Å²) in [5, 5.41) is 24.0. The minimum Gasteiger partial charge on any atom is -0.506 e. The van der Waals surface area contributed by atoms with Crippen LogP contribution in [0.2, 0.25) is 0 Å². The fraction of sp³-hybridized carbons (Fsp3) is 0.200. The molecule has 0 saturated carbocycles. The molecule has 0 atom stereocenters. The SMILES string of the molecule is CC(C)CNn1c(=O)c(C2=NS(O)(O)c3c(ccc(O)c3N)N2)c(O)c2ccccc21. The number of aromatic hydroxyl groups is 2. The summed E-state index contributed by atoms with van der Waals surface area (Å²) < 4.78 is 26.4. The zero-order chi connectivity index (χ0) is 22.5. The zero-order valence-electron chi connectivity index (χ0n) is 16.8. The highest BCUT2D eigenvalue weighted by Crippen LogP contribution is 2.59. The van der Waals surface area contributed by atoms with Crippen molar-refractivity contribution in [2.75, 3.05) is 23.0 Å². The molecule has 10 nitrogen and oxygen atoms in total. The molecule has 0 aliphatic carbocycles. The summed E-state index contributed by atoms with van der Waals surface area (Å²) in [6, 6.07) is 9.46. The lowest BCUT2D eigenvalue weighted by molar-refractivity contribution is 0.470. The quantitative estimate of drug-likeness (QED) is 0.183. The van der Waals surface area contributed by atoms with Gasteiger partial charge in [-0.1, -0.05) is 36.8 Å². The van der Waals surface area contributed by atoms with Gasteiger partial charge in [-0.05, 0) is 30.2 Å². The third-order valence-electron chi connectivity index (χ3n) is 4.87. The van der Waals surface area contributed by atoms with Gasteiger partial charge in [0.2, 0.25) is 0 Å². The molecule has 0 saturated heterocycles. The Morgan fingerprint density at radius 3 is 2.61 bits per heavy atom. The van der Waals surface area contributed by atoms with Crippen LogP contribution in [0.25, 0.3) is 10.9 Å². The third-order valence-corrected chi connectivity index (χ3v) is 6.29. The van der Waals surface area contributed by atoms with Crippen molar-refractivity contribution in [2.24, 2.45) is 10.3 Å². The maximum absolute atomic E-state index is 13.4. The van der Waals surface area contributed by atoms with Crippen molar-refractivity contribution in [2.45, 2.75) is 18.7 Å². The number of pyridine rings is 1. The smallest absolute Gasteiger partial charge is 0.284 e. The number of para-hydroxylation sites is 1. The first kappa shape index (κ1) is 20.8. The number of rotatable bonds is 4. The fourth-order valence-corrected chi connectivity index (χ4v) is 4.68. The number of anilines is 2. The molecule has 0 fully saturated rings. The molecular formula is C20H23N5O5S. The second-order valence-electron chi connectivity index (χ2n) is 7.60. The minimum atomic E-state index is -3.86. The number of nitrogens with two attached hydrogens (primary N) is 1. The van der Waals surface area contributed by atoms with Crippen LogP contribution in [0.3, 0.4) is 0 Å². The maximum atomic E-state index is 13.4. The van der Waals surface area contributed by atoms with Gasteiger partial charge in [0.05, 0.1) is 11.2 Å². The summed E-state index contributed by atoms with van der Waals surface area (Å²) in [6.07, 6.45) is 0. The molecule has 11 heteroatoms. The van der Waals surface area contributed by atoms with Crippen molar-refractivity contribution in [1.82, 2.24) is 4.68 Å². The van der Waals surface area contributed by atoms with Crippen molar-refractivity contribution in [3.63, 3.8) is 0 Å². The van der Waals surface area contributed by atoms with E-state index in [0.29, 0.717) is 17.4 Å². The average molecular weight is 446 g/mol. The summed E-state index contributed by atoms with van der Waals surface area (Å²) in [6.45, 7) is 4.46. The molecule has 1 aliphatic rings. The predicted octanol–water partition coefficient (Wildman–Crippen LogP) is 3.09. The lowest BCUT2D eigenvalue weighted by Gasteiger charge is -2.35. The van der Waals surface area contributed by atoms with Crippen molar-refractivity contribution in [1.29, 1.82) is 0 Å². The Bertz CT molecular complexity index is 1290. The summed E-state index contributed by atoms with van der Waals surface area (Å²) in [5.41, 5.74) is 8.41. The molecule has 164 valence electrons. The van der Waals surface area contributed by atoms with Gasteiger partial charge in [0, 0.05) is 11.9 Å². The molecule has 1 aromatic heterocycles. The number of nitrogen functional groups attached to an aromatic ring is 1. The van der Waals surface area contributed by atoms with E-state index >= 15 is 0 Å². The first-order chi connectivity index (χ1) is 14.6. The Labute approximate surface area is 179 Å². The number of nitrogens with zero attached hydrogens (tertiary/aromatic N) is 2. The molecule has 0 bridgehead atoms. The standard InChI is InChI=1S/C20H23N5O5S/c1-10(2)9-22-25-13-6-4-3-5-11(13)17(27)15(20(25)28)19-23-12-7-8-14(26)16(21)18(12)31(29,30)24-19/h3-8,10,22,26-27,29-30H,9,21H2,1-2H3,(H,23,24). The van der Waals surface area contributed by atoms with Crippen LogP contribution in [-0.2, 0) is 0 Å². The van der Waals surface area contributed by atoms with Crippen molar-refractivity contribution in [3.8, 4) is 11.5 Å². The van der Waals surface area contributed by atoms with E-state index in [1.54, 1.807) is 24.3 Å².